The van der Waals surface area contributed by atoms with Gasteiger partial charge in [-0.2, -0.15) is 0 Å². The molecule has 0 aliphatic heterocycles. The Balaban J connectivity index is 1.58. The lowest BCUT2D eigenvalue weighted by Gasteiger charge is -2.12. The second-order valence-electron chi connectivity index (χ2n) is 6.82. The molecule has 2 aromatic rings. The van der Waals surface area contributed by atoms with E-state index in [-0.39, 0.29) is 30.1 Å². The summed E-state index contributed by atoms with van der Waals surface area (Å²) in [6, 6.07) is 13.2. The van der Waals surface area contributed by atoms with Crippen LogP contribution in [0.4, 0.5) is 16.2 Å². The maximum Gasteiger partial charge on any atom is 0.513 e. The number of anilines is 2. The molecule has 2 aromatic carbocycles. The fourth-order valence-electron chi connectivity index (χ4n) is 3.23. The second kappa shape index (κ2) is 9.73. The lowest BCUT2D eigenvalue weighted by molar-refractivity contribution is -0.119. The number of carbonyl (C=O) groups excluding carboxylic acids is 3. The highest BCUT2D eigenvalue weighted by molar-refractivity contribution is 6.04. The van der Waals surface area contributed by atoms with Gasteiger partial charge < -0.3 is 20.1 Å². The van der Waals surface area contributed by atoms with Crippen molar-refractivity contribution in [2.75, 3.05) is 17.2 Å². The van der Waals surface area contributed by atoms with Crippen molar-refractivity contribution in [3.05, 3.63) is 54.1 Å². The van der Waals surface area contributed by atoms with E-state index < -0.39 is 6.16 Å². The van der Waals surface area contributed by atoms with Gasteiger partial charge in [0.25, 0.3) is 5.91 Å². The van der Waals surface area contributed by atoms with Crippen LogP contribution < -0.4 is 15.4 Å². The van der Waals surface area contributed by atoms with E-state index in [4.69, 9.17) is 9.47 Å². The minimum absolute atomic E-state index is 0.0307. The summed E-state index contributed by atoms with van der Waals surface area (Å²) in [7, 11) is 0. The van der Waals surface area contributed by atoms with Crippen molar-refractivity contribution in [1.82, 2.24) is 0 Å². The second-order valence-corrected chi connectivity index (χ2v) is 6.82. The van der Waals surface area contributed by atoms with Crippen LogP contribution in [0.15, 0.2) is 48.5 Å². The molecule has 0 bridgehead atoms. The van der Waals surface area contributed by atoms with Crippen molar-refractivity contribution in [3.8, 4) is 5.75 Å². The van der Waals surface area contributed by atoms with Gasteiger partial charge in [0.2, 0.25) is 5.91 Å². The van der Waals surface area contributed by atoms with E-state index in [0.717, 1.165) is 25.7 Å². The zero-order valence-corrected chi connectivity index (χ0v) is 16.3. The minimum Gasteiger partial charge on any atom is -0.434 e. The first-order valence-electron chi connectivity index (χ1n) is 9.72. The quantitative estimate of drug-likeness (QED) is 0.550. The topological polar surface area (TPSA) is 93.7 Å². The van der Waals surface area contributed by atoms with Crippen molar-refractivity contribution in [2.24, 2.45) is 5.92 Å². The molecule has 0 atom stereocenters. The summed E-state index contributed by atoms with van der Waals surface area (Å²) in [4.78, 5) is 36.0. The number of nitrogens with one attached hydrogen (secondary N) is 2. The molecule has 0 heterocycles. The standard InChI is InChI=1S/C22H24N2O5/c1-2-28-22(27)29-19-12-10-16(11-13-19)21(26)24-18-9-5-8-17(14-18)23-20(25)15-6-3-4-7-15/h5,8-15H,2-4,6-7H2,1H3,(H,23,25)(H,24,26). The molecule has 29 heavy (non-hydrogen) atoms. The third-order valence-electron chi connectivity index (χ3n) is 4.69. The van der Waals surface area contributed by atoms with Crippen LogP contribution in [0.2, 0.25) is 0 Å². The first-order chi connectivity index (χ1) is 14.0. The molecule has 7 heteroatoms. The van der Waals surface area contributed by atoms with Gasteiger partial charge in [0.05, 0.1) is 6.61 Å². The predicted octanol–water partition coefficient (Wildman–Crippen LogP) is 4.60. The van der Waals surface area contributed by atoms with Crippen LogP contribution in [0, 0.1) is 5.92 Å². The van der Waals surface area contributed by atoms with Crippen LogP contribution in [0.3, 0.4) is 0 Å². The van der Waals surface area contributed by atoms with Gasteiger partial charge in [-0.05, 0) is 62.2 Å². The van der Waals surface area contributed by atoms with Gasteiger partial charge in [-0.3, -0.25) is 9.59 Å². The van der Waals surface area contributed by atoms with E-state index in [1.54, 1.807) is 43.3 Å². The third kappa shape index (κ3) is 5.81. The molecule has 7 nitrogen and oxygen atoms in total. The largest absolute Gasteiger partial charge is 0.513 e. The van der Waals surface area contributed by atoms with Crippen LogP contribution in [0.5, 0.6) is 5.75 Å². The summed E-state index contributed by atoms with van der Waals surface area (Å²) in [5.41, 5.74) is 1.63. The summed E-state index contributed by atoms with van der Waals surface area (Å²) in [6.07, 6.45) is 3.26. The van der Waals surface area contributed by atoms with E-state index >= 15 is 0 Å². The van der Waals surface area contributed by atoms with Crippen LogP contribution >= 0.6 is 0 Å². The SMILES string of the molecule is CCOC(=O)Oc1ccc(C(=O)Nc2cccc(NC(=O)C3CCCC3)c2)cc1. The molecule has 152 valence electrons. The summed E-state index contributed by atoms with van der Waals surface area (Å²) in [5, 5.41) is 5.72. The maximum atomic E-state index is 12.5. The van der Waals surface area contributed by atoms with Gasteiger partial charge in [0, 0.05) is 22.9 Å². The molecule has 2 N–H and O–H groups in total. The fraction of sp³-hybridized carbons (Fsp3) is 0.318. The number of amides is 2. The number of ether oxygens (including phenoxy) is 2. The average molecular weight is 396 g/mol. The number of rotatable bonds is 6. The number of hydrogen-bond acceptors (Lipinski definition) is 5. The minimum atomic E-state index is -0.791. The third-order valence-corrected chi connectivity index (χ3v) is 4.69. The molecule has 0 aromatic heterocycles. The Hall–Kier alpha value is -3.35. The van der Waals surface area contributed by atoms with Crippen molar-refractivity contribution < 1.29 is 23.9 Å². The summed E-state index contributed by atoms with van der Waals surface area (Å²) >= 11 is 0. The average Bonchev–Trinajstić information content (AvgIpc) is 3.24. The smallest absolute Gasteiger partial charge is 0.434 e. The zero-order valence-electron chi connectivity index (χ0n) is 16.3. The highest BCUT2D eigenvalue weighted by Gasteiger charge is 2.22. The molecular formula is C22H24N2O5. The molecule has 1 aliphatic carbocycles. The predicted molar refractivity (Wildman–Crippen MR) is 109 cm³/mol. The van der Waals surface area contributed by atoms with Crippen molar-refractivity contribution in [2.45, 2.75) is 32.6 Å². The highest BCUT2D eigenvalue weighted by atomic mass is 16.7. The summed E-state index contributed by atoms with van der Waals surface area (Å²) < 4.78 is 9.67. The molecule has 0 saturated heterocycles. The van der Waals surface area contributed by atoms with Crippen LogP contribution in [0.1, 0.15) is 43.0 Å². The molecule has 2 amide bonds. The molecule has 0 unspecified atom stereocenters. The Morgan fingerprint density at radius 3 is 2.28 bits per heavy atom. The van der Waals surface area contributed by atoms with Gasteiger partial charge in [0.1, 0.15) is 5.75 Å². The molecule has 3 rings (SSSR count). The van der Waals surface area contributed by atoms with E-state index in [1.165, 1.54) is 12.1 Å². The fourth-order valence-corrected chi connectivity index (χ4v) is 3.23. The van der Waals surface area contributed by atoms with Crippen molar-refractivity contribution in [1.29, 1.82) is 0 Å². The maximum absolute atomic E-state index is 12.5. The first-order valence-corrected chi connectivity index (χ1v) is 9.72. The lowest BCUT2D eigenvalue weighted by atomic mass is 10.1. The summed E-state index contributed by atoms with van der Waals surface area (Å²) in [5.74, 6) is 0.0790. The monoisotopic (exact) mass is 396 g/mol. The number of benzene rings is 2. The van der Waals surface area contributed by atoms with Crippen LogP contribution in [0.25, 0.3) is 0 Å². The van der Waals surface area contributed by atoms with Gasteiger partial charge in [-0.15, -0.1) is 0 Å². The van der Waals surface area contributed by atoms with Gasteiger partial charge >= 0.3 is 6.16 Å². The molecule has 1 saturated carbocycles. The zero-order chi connectivity index (χ0) is 20.6. The Morgan fingerprint density at radius 1 is 0.966 bits per heavy atom. The van der Waals surface area contributed by atoms with Gasteiger partial charge in [0.15, 0.2) is 0 Å². The lowest BCUT2D eigenvalue weighted by Crippen LogP contribution is -2.20. The Bertz CT molecular complexity index is 873. The molecular weight excluding hydrogens is 372 g/mol. The molecule has 0 radical (unpaired) electrons. The molecule has 1 aliphatic rings. The Morgan fingerprint density at radius 2 is 1.62 bits per heavy atom. The van der Waals surface area contributed by atoms with E-state index in [1.807, 2.05) is 0 Å². The van der Waals surface area contributed by atoms with Gasteiger partial charge in [-0.1, -0.05) is 18.9 Å². The van der Waals surface area contributed by atoms with E-state index in [0.29, 0.717) is 16.9 Å². The highest BCUT2D eigenvalue weighted by Crippen LogP contribution is 2.26. The van der Waals surface area contributed by atoms with Gasteiger partial charge in [-0.25, -0.2) is 4.79 Å². The Labute approximate surface area is 169 Å². The van der Waals surface area contributed by atoms with E-state index in [2.05, 4.69) is 10.6 Å². The van der Waals surface area contributed by atoms with Crippen molar-refractivity contribution in [3.63, 3.8) is 0 Å². The van der Waals surface area contributed by atoms with E-state index in [9.17, 15) is 14.4 Å². The normalized spacial score (nSPS) is 13.6. The number of hydrogen-bond donors (Lipinski definition) is 2. The molecule has 1 fully saturated rings. The van der Waals surface area contributed by atoms with Crippen LogP contribution in [-0.4, -0.2) is 24.6 Å². The summed E-state index contributed by atoms with van der Waals surface area (Å²) in [6.45, 7) is 1.91. The molecule has 0 spiro atoms. The number of carbonyl (C=O) groups is 3. The first kappa shape index (κ1) is 20.4. The van der Waals surface area contributed by atoms with Crippen LogP contribution in [-0.2, 0) is 9.53 Å². The van der Waals surface area contributed by atoms with Crippen molar-refractivity contribution >= 4 is 29.3 Å². The Kier molecular flexibility index (Phi) is 6.84.